The molecule has 0 aromatic carbocycles. The Labute approximate surface area is 155 Å². The van der Waals surface area contributed by atoms with Gasteiger partial charge in [-0.1, -0.05) is 0 Å². The lowest BCUT2D eigenvalue weighted by Crippen LogP contribution is -2.43. The summed E-state index contributed by atoms with van der Waals surface area (Å²) < 4.78 is 6.82. The fourth-order valence-corrected chi connectivity index (χ4v) is 3.18. The third kappa shape index (κ3) is 3.74. The summed E-state index contributed by atoms with van der Waals surface area (Å²) in [5, 5.41) is 7.00. The summed E-state index contributed by atoms with van der Waals surface area (Å²) in [6.45, 7) is 1.01. The number of rotatable bonds is 4. The number of pyridine rings is 1. The molecule has 4 heterocycles. The van der Waals surface area contributed by atoms with Gasteiger partial charge in [-0.3, -0.25) is 9.59 Å². The van der Waals surface area contributed by atoms with E-state index < -0.39 is 0 Å². The van der Waals surface area contributed by atoms with Crippen LogP contribution < -0.4 is 5.32 Å². The maximum atomic E-state index is 12.6. The third-order valence-corrected chi connectivity index (χ3v) is 4.57. The second-order valence-electron chi connectivity index (χ2n) is 6.41. The van der Waals surface area contributed by atoms with Crippen LogP contribution in [-0.4, -0.2) is 44.6 Å². The number of nitrogens with zero attached hydrogens (tertiary/aromatic N) is 4. The Morgan fingerprint density at radius 3 is 2.85 bits per heavy atom. The zero-order chi connectivity index (χ0) is 18.6. The van der Waals surface area contributed by atoms with E-state index >= 15 is 0 Å². The zero-order valence-corrected chi connectivity index (χ0v) is 14.6. The first-order valence-electron chi connectivity index (χ1n) is 8.80. The monoisotopic (exact) mass is 365 g/mol. The minimum atomic E-state index is -0.261. The molecular weight excluding hydrogens is 346 g/mol. The highest BCUT2D eigenvalue weighted by Crippen LogP contribution is 2.21. The number of likely N-dealkylation sites (tertiary alicyclic amines) is 1. The predicted molar refractivity (Wildman–Crippen MR) is 97.3 cm³/mol. The standard InChI is InChI=1S/C19H19N5O3/c25-18(22-15-6-7-17(20-12-15)24-10-3-8-21-24)14-4-1-9-23(13-14)19(26)16-5-2-11-27-16/h2-3,5-8,10-12,14H,1,4,9,13H2,(H,22,25). The summed E-state index contributed by atoms with van der Waals surface area (Å²) in [6.07, 6.45) is 8.07. The fourth-order valence-electron chi connectivity index (χ4n) is 3.18. The topological polar surface area (TPSA) is 93.3 Å². The fraction of sp³-hybridized carbons (Fsp3) is 0.263. The van der Waals surface area contributed by atoms with Crippen LogP contribution in [-0.2, 0) is 4.79 Å². The largest absolute Gasteiger partial charge is 0.459 e. The molecule has 0 aliphatic carbocycles. The lowest BCUT2D eigenvalue weighted by Gasteiger charge is -2.31. The van der Waals surface area contributed by atoms with Crippen molar-refractivity contribution in [3.63, 3.8) is 0 Å². The van der Waals surface area contributed by atoms with Crippen LogP contribution in [0.3, 0.4) is 0 Å². The van der Waals surface area contributed by atoms with E-state index in [2.05, 4.69) is 15.4 Å². The molecule has 1 aliphatic heterocycles. The van der Waals surface area contributed by atoms with Gasteiger partial charge >= 0.3 is 0 Å². The number of anilines is 1. The van der Waals surface area contributed by atoms with Crippen molar-refractivity contribution in [3.05, 3.63) is 60.9 Å². The minimum absolute atomic E-state index is 0.111. The van der Waals surface area contributed by atoms with Crippen LogP contribution in [0.1, 0.15) is 23.4 Å². The van der Waals surface area contributed by atoms with Crippen LogP contribution in [0.5, 0.6) is 0 Å². The number of hydrogen-bond acceptors (Lipinski definition) is 5. The zero-order valence-electron chi connectivity index (χ0n) is 14.6. The quantitative estimate of drug-likeness (QED) is 0.766. The van der Waals surface area contributed by atoms with Gasteiger partial charge in [-0.05, 0) is 43.2 Å². The Morgan fingerprint density at radius 2 is 2.15 bits per heavy atom. The number of carbonyl (C=O) groups is 2. The first kappa shape index (κ1) is 17.0. The van der Waals surface area contributed by atoms with Gasteiger partial charge in [0, 0.05) is 25.5 Å². The number of piperidine rings is 1. The first-order valence-corrected chi connectivity index (χ1v) is 8.80. The lowest BCUT2D eigenvalue weighted by atomic mass is 9.97. The molecule has 1 N–H and O–H groups in total. The van der Waals surface area contributed by atoms with Crippen molar-refractivity contribution in [1.29, 1.82) is 0 Å². The van der Waals surface area contributed by atoms with E-state index in [-0.39, 0.29) is 17.7 Å². The summed E-state index contributed by atoms with van der Waals surface area (Å²) in [6, 6.07) is 8.71. The minimum Gasteiger partial charge on any atom is -0.459 e. The van der Waals surface area contributed by atoms with E-state index in [4.69, 9.17) is 4.42 Å². The van der Waals surface area contributed by atoms with Gasteiger partial charge in [-0.25, -0.2) is 9.67 Å². The average molecular weight is 365 g/mol. The molecule has 1 atom stereocenters. The summed E-state index contributed by atoms with van der Waals surface area (Å²) in [7, 11) is 0. The molecule has 0 radical (unpaired) electrons. The van der Waals surface area contributed by atoms with Gasteiger partial charge < -0.3 is 14.6 Å². The smallest absolute Gasteiger partial charge is 0.289 e. The Bertz CT molecular complexity index is 903. The van der Waals surface area contributed by atoms with E-state index in [1.807, 2.05) is 6.07 Å². The van der Waals surface area contributed by atoms with Gasteiger partial charge in [0.1, 0.15) is 0 Å². The van der Waals surface area contributed by atoms with Crippen LogP contribution in [0.25, 0.3) is 5.82 Å². The van der Waals surface area contributed by atoms with Crippen LogP contribution in [0.4, 0.5) is 5.69 Å². The molecule has 0 spiro atoms. The molecule has 8 nitrogen and oxygen atoms in total. The molecule has 27 heavy (non-hydrogen) atoms. The number of hydrogen-bond donors (Lipinski definition) is 1. The lowest BCUT2D eigenvalue weighted by molar-refractivity contribution is -0.121. The van der Waals surface area contributed by atoms with E-state index in [1.54, 1.807) is 52.4 Å². The van der Waals surface area contributed by atoms with E-state index in [1.165, 1.54) is 6.26 Å². The number of aromatic nitrogens is 3. The second-order valence-corrected chi connectivity index (χ2v) is 6.41. The predicted octanol–water partition coefficient (Wildman–Crippen LogP) is 2.35. The SMILES string of the molecule is O=C(Nc1ccc(-n2cccn2)nc1)C1CCCN(C(=O)c2ccco2)C1. The molecule has 3 aromatic rings. The van der Waals surface area contributed by atoms with Gasteiger partial charge in [-0.15, -0.1) is 0 Å². The molecule has 138 valence electrons. The van der Waals surface area contributed by atoms with Gasteiger partial charge in [0.15, 0.2) is 11.6 Å². The van der Waals surface area contributed by atoms with Crippen molar-refractivity contribution < 1.29 is 14.0 Å². The van der Waals surface area contributed by atoms with Crippen LogP contribution in [0.2, 0.25) is 0 Å². The molecule has 1 fully saturated rings. The summed E-state index contributed by atoms with van der Waals surface area (Å²) >= 11 is 0. The Morgan fingerprint density at radius 1 is 1.22 bits per heavy atom. The van der Waals surface area contributed by atoms with Crippen LogP contribution in [0.15, 0.2) is 59.6 Å². The molecule has 4 rings (SSSR count). The maximum absolute atomic E-state index is 12.6. The molecule has 1 saturated heterocycles. The molecule has 8 heteroatoms. The maximum Gasteiger partial charge on any atom is 0.289 e. The average Bonchev–Trinajstić information content (AvgIpc) is 3.42. The van der Waals surface area contributed by atoms with E-state index in [0.717, 1.165) is 12.8 Å². The number of nitrogens with one attached hydrogen (secondary N) is 1. The normalized spacial score (nSPS) is 16.9. The van der Waals surface area contributed by atoms with Crippen molar-refractivity contribution >= 4 is 17.5 Å². The highest BCUT2D eigenvalue weighted by atomic mass is 16.3. The van der Waals surface area contributed by atoms with Gasteiger partial charge in [0.05, 0.1) is 24.1 Å². The van der Waals surface area contributed by atoms with Gasteiger partial charge in [0.2, 0.25) is 5.91 Å². The third-order valence-electron chi connectivity index (χ3n) is 4.57. The molecule has 2 amide bonds. The van der Waals surface area contributed by atoms with Crippen LogP contribution in [0, 0.1) is 5.92 Å². The van der Waals surface area contributed by atoms with Crippen molar-refractivity contribution in [2.75, 3.05) is 18.4 Å². The molecule has 1 unspecified atom stereocenters. The van der Waals surface area contributed by atoms with Crippen molar-refractivity contribution in [2.45, 2.75) is 12.8 Å². The Hall–Kier alpha value is -3.42. The molecular formula is C19H19N5O3. The summed E-state index contributed by atoms with van der Waals surface area (Å²) in [5.74, 6) is 0.423. The molecule has 0 saturated carbocycles. The molecule has 3 aromatic heterocycles. The van der Waals surface area contributed by atoms with Crippen molar-refractivity contribution in [3.8, 4) is 5.82 Å². The summed E-state index contributed by atoms with van der Waals surface area (Å²) in [4.78, 5) is 31.0. The van der Waals surface area contributed by atoms with Crippen LogP contribution >= 0.6 is 0 Å². The van der Waals surface area contributed by atoms with Crippen molar-refractivity contribution in [1.82, 2.24) is 19.7 Å². The Kier molecular flexibility index (Phi) is 4.69. The highest BCUT2D eigenvalue weighted by molar-refractivity contribution is 5.94. The van der Waals surface area contributed by atoms with E-state index in [0.29, 0.717) is 30.4 Å². The first-order chi connectivity index (χ1) is 13.2. The number of carbonyl (C=O) groups excluding carboxylic acids is 2. The number of amides is 2. The van der Waals surface area contributed by atoms with E-state index in [9.17, 15) is 9.59 Å². The Balaban J connectivity index is 1.38. The number of furan rings is 1. The van der Waals surface area contributed by atoms with Gasteiger partial charge in [-0.2, -0.15) is 5.10 Å². The molecule has 1 aliphatic rings. The van der Waals surface area contributed by atoms with Crippen molar-refractivity contribution in [2.24, 2.45) is 5.92 Å². The van der Waals surface area contributed by atoms with Gasteiger partial charge in [0.25, 0.3) is 5.91 Å². The molecule has 0 bridgehead atoms. The highest BCUT2D eigenvalue weighted by Gasteiger charge is 2.29. The summed E-state index contributed by atoms with van der Waals surface area (Å²) in [5.41, 5.74) is 0.616. The second kappa shape index (κ2) is 7.45.